The van der Waals surface area contributed by atoms with E-state index < -0.39 is 5.97 Å². The van der Waals surface area contributed by atoms with Gasteiger partial charge < -0.3 is 10.5 Å². The van der Waals surface area contributed by atoms with Crippen molar-refractivity contribution in [1.29, 1.82) is 0 Å². The van der Waals surface area contributed by atoms with Gasteiger partial charge in [-0.25, -0.2) is 9.78 Å². The molecule has 18 heavy (non-hydrogen) atoms. The number of aryl methyl sites for hydroxylation is 1. The standard InChI is InChI=1S/C11H11N3O2S2/c1-6-13-11(18-14-6)17-9-4-3-7(5-8(9)12)10(15)16-2/h3-5H,12H2,1-2H3. The second-order valence-corrected chi connectivity index (χ2v) is 5.49. The predicted octanol–water partition coefficient (Wildman–Crippen LogP) is 2.37. The molecule has 1 aromatic carbocycles. The molecule has 0 fully saturated rings. The Morgan fingerprint density at radius 3 is 2.83 bits per heavy atom. The van der Waals surface area contributed by atoms with E-state index in [0.29, 0.717) is 11.3 Å². The number of aromatic nitrogens is 2. The molecule has 1 heterocycles. The van der Waals surface area contributed by atoms with Crippen molar-refractivity contribution in [3.05, 3.63) is 29.6 Å². The average Bonchev–Trinajstić information content (AvgIpc) is 2.76. The molecule has 0 amide bonds. The van der Waals surface area contributed by atoms with Gasteiger partial charge in [-0.05, 0) is 36.7 Å². The topological polar surface area (TPSA) is 78.1 Å². The molecule has 0 saturated carbocycles. The molecule has 2 aromatic rings. The van der Waals surface area contributed by atoms with Crippen molar-refractivity contribution >= 4 is 35.0 Å². The van der Waals surface area contributed by atoms with Gasteiger partial charge in [-0.2, -0.15) is 4.37 Å². The van der Waals surface area contributed by atoms with Gasteiger partial charge in [0.25, 0.3) is 0 Å². The number of rotatable bonds is 3. The highest BCUT2D eigenvalue weighted by Gasteiger charge is 2.10. The predicted molar refractivity (Wildman–Crippen MR) is 71.0 cm³/mol. The van der Waals surface area contributed by atoms with Crippen LogP contribution in [0, 0.1) is 6.92 Å². The van der Waals surface area contributed by atoms with Crippen LogP contribution in [-0.4, -0.2) is 22.4 Å². The lowest BCUT2D eigenvalue weighted by Gasteiger charge is -2.05. The number of methoxy groups -OCH3 is 1. The van der Waals surface area contributed by atoms with Crippen LogP contribution in [0.25, 0.3) is 0 Å². The first-order valence-corrected chi connectivity index (χ1v) is 6.65. The third kappa shape index (κ3) is 2.80. The second-order valence-electron chi connectivity index (χ2n) is 3.45. The molecule has 0 aliphatic heterocycles. The van der Waals surface area contributed by atoms with Gasteiger partial charge in [0.15, 0.2) is 4.34 Å². The number of carbonyl (C=O) groups excluding carboxylic acids is 1. The fraction of sp³-hybridized carbons (Fsp3) is 0.182. The Labute approximate surface area is 113 Å². The van der Waals surface area contributed by atoms with Crippen LogP contribution in [0.3, 0.4) is 0 Å². The van der Waals surface area contributed by atoms with Crippen molar-refractivity contribution in [3.8, 4) is 0 Å². The number of nitrogens with zero attached hydrogens (tertiary/aromatic N) is 2. The largest absolute Gasteiger partial charge is 0.465 e. The van der Waals surface area contributed by atoms with E-state index in [-0.39, 0.29) is 0 Å². The van der Waals surface area contributed by atoms with Crippen molar-refractivity contribution in [1.82, 2.24) is 9.36 Å². The second kappa shape index (κ2) is 5.36. The summed E-state index contributed by atoms with van der Waals surface area (Å²) in [6.07, 6.45) is 0. The number of hydrogen-bond donors (Lipinski definition) is 1. The van der Waals surface area contributed by atoms with E-state index in [0.717, 1.165) is 15.1 Å². The maximum Gasteiger partial charge on any atom is 0.337 e. The third-order valence-corrected chi connectivity index (χ3v) is 4.07. The van der Waals surface area contributed by atoms with Crippen LogP contribution in [0.4, 0.5) is 5.69 Å². The van der Waals surface area contributed by atoms with Crippen LogP contribution in [-0.2, 0) is 4.74 Å². The molecule has 0 radical (unpaired) electrons. The van der Waals surface area contributed by atoms with Crippen LogP contribution in [0.15, 0.2) is 27.4 Å². The van der Waals surface area contributed by atoms with E-state index >= 15 is 0 Å². The summed E-state index contributed by atoms with van der Waals surface area (Å²) < 4.78 is 9.55. The Balaban J connectivity index is 2.22. The number of nitrogen functional groups attached to an aromatic ring is 1. The molecule has 7 heteroatoms. The molecule has 0 atom stereocenters. The van der Waals surface area contributed by atoms with Crippen LogP contribution in [0.2, 0.25) is 0 Å². The number of anilines is 1. The summed E-state index contributed by atoms with van der Waals surface area (Å²) in [6, 6.07) is 5.06. The quantitative estimate of drug-likeness (QED) is 0.687. The van der Waals surface area contributed by atoms with Crippen molar-refractivity contribution in [2.24, 2.45) is 0 Å². The number of esters is 1. The van der Waals surface area contributed by atoms with Crippen molar-refractivity contribution < 1.29 is 9.53 Å². The van der Waals surface area contributed by atoms with Gasteiger partial charge in [-0.1, -0.05) is 11.8 Å². The molecule has 0 aliphatic rings. The van der Waals surface area contributed by atoms with Gasteiger partial charge in [-0.15, -0.1) is 0 Å². The number of hydrogen-bond acceptors (Lipinski definition) is 7. The van der Waals surface area contributed by atoms with Gasteiger partial charge in [0.1, 0.15) is 5.82 Å². The highest BCUT2D eigenvalue weighted by atomic mass is 32.2. The summed E-state index contributed by atoms with van der Waals surface area (Å²) in [5.74, 6) is 0.345. The Hall–Kier alpha value is -1.60. The molecule has 2 N–H and O–H groups in total. The number of benzene rings is 1. The summed E-state index contributed by atoms with van der Waals surface area (Å²) in [6.45, 7) is 1.84. The van der Waals surface area contributed by atoms with E-state index in [9.17, 15) is 4.79 Å². The van der Waals surface area contributed by atoms with Gasteiger partial charge in [-0.3, -0.25) is 0 Å². The van der Waals surface area contributed by atoms with Crippen LogP contribution >= 0.6 is 23.3 Å². The van der Waals surface area contributed by atoms with Crippen molar-refractivity contribution in [2.75, 3.05) is 12.8 Å². The van der Waals surface area contributed by atoms with E-state index in [4.69, 9.17) is 5.73 Å². The maximum absolute atomic E-state index is 11.3. The zero-order valence-electron chi connectivity index (χ0n) is 9.84. The summed E-state index contributed by atoms with van der Waals surface area (Å²) in [5.41, 5.74) is 6.86. The average molecular weight is 281 g/mol. The van der Waals surface area contributed by atoms with Crippen molar-refractivity contribution in [2.45, 2.75) is 16.2 Å². The van der Waals surface area contributed by atoms with E-state index in [2.05, 4.69) is 14.1 Å². The number of carbonyl (C=O) groups is 1. The molecule has 2 rings (SSSR count). The molecule has 0 saturated heterocycles. The maximum atomic E-state index is 11.3. The van der Waals surface area contributed by atoms with Gasteiger partial charge in [0, 0.05) is 10.6 Å². The van der Waals surface area contributed by atoms with Crippen LogP contribution in [0.1, 0.15) is 16.2 Å². The Morgan fingerprint density at radius 2 is 2.28 bits per heavy atom. The first-order chi connectivity index (χ1) is 8.60. The fourth-order valence-corrected chi connectivity index (χ4v) is 2.93. The summed E-state index contributed by atoms with van der Waals surface area (Å²) in [4.78, 5) is 16.4. The summed E-state index contributed by atoms with van der Waals surface area (Å²) >= 11 is 2.75. The molecular weight excluding hydrogens is 270 g/mol. The van der Waals surface area contributed by atoms with E-state index in [1.165, 1.54) is 30.4 Å². The Bertz CT molecular complexity index is 583. The lowest BCUT2D eigenvalue weighted by atomic mass is 10.2. The molecule has 94 valence electrons. The lowest BCUT2D eigenvalue weighted by molar-refractivity contribution is 0.0600. The molecule has 1 aromatic heterocycles. The Morgan fingerprint density at radius 1 is 1.50 bits per heavy atom. The first kappa shape index (κ1) is 12.8. The SMILES string of the molecule is COC(=O)c1ccc(Sc2nc(C)ns2)c(N)c1. The Kier molecular flexibility index (Phi) is 3.83. The van der Waals surface area contributed by atoms with E-state index in [1.54, 1.807) is 18.2 Å². The first-order valence-electron chi connectivity index (χ1n) is 5.06. The van der Waals surface area contributed by atoms with E-state index in [1.807, 2.05) is 6.92 Å². The molecular formula is C11H11N3O2S2. The van der Waals surface area contributed by atoms with Crippen molar-refractivity contribution in [3.63, 3.8) is 0 Å². The molecule has 0 spiro atoms. The minimum Gasteiger partial charge on any atom is -0.465 e. The molecule has 0 unspecified atom stereocenters. The highest BCUT2D eigenvalue weighted by molar-refractivity contribution is 8.01. The number of nitrogens with two attached hydrogens (primary N) is 1. The van der Waals surface area contributed by atoms with Gasteiger partial charge in [0.05, 0.1) is 12.7 Å². The third-order valence-electron chi connectivity index (χ3n) is 2.14. The molecule has 5 nitrogen and oxygen atoms in total. The van der Waals surface area contributed by atoms with Gasteiger partial charge >= 0.3 is 5.97 Å². The zero-order chi connectivity index (χ0) is 13.1. The van der Waals surface area contributed by atoms with Crippen LogP contribution in [0.5, 0.6) is 0 Å². The fourth-order valence-electron chi connectivity index (χ4n) is 1.30. The number of ether oxygens (including phenoxy) is 1. The lowest BCUT2D eigenvalue weighted by Crippen LogP contribution is -2.02. The summed E-state index contributed by atoms with van der Waals surface area (Å²) in [5, 5.41) is 0. The smallest absolute Gasteiger partial charge is 0.337 e. The monoisotopic (exact) mass is 281 g/mol. The summed E-state index contributed by atoms with van der Waals surface area (Å²) in [7, 11) is 1.34. The minimum absolute atomic E-state index is 0.398. The van der Waals surface area contributed by atoms with Gasteiger partial charge in [0.2, 0.25) is 0 Å². The molecule has 0 bridgehead atoms. The van der Waals surface area contributed by atoms with Crippen LogP contribution < -0.4 is 5.73 Å². The highest BCUT2D eigenvalue weighted by Crippen LogP contribution is 2.33. The molecule has 0 aliphatic carbocycles. The minimum atomic E-state index is -0.398. The normalized spacial score (nSPS) is 10.3. The zero-order valence-corrected chi connectivity index (χ0v) is 11.5.